The summed E-state index contributed by atoms with van der Waals surface area (Å²) in [6.45, 7) is 0.00692. The van der Waals surface area contributed by atoms with E-state index < -0.39 is 5.91 Å². The lowest BCUT2D eigenvalue weighted by atomic mass is 10.1. The lowest BCUT2D eigenvalue weighted by Gasteiger charge is -2.26. The van der Waals surface area contributed by atoms with Crippen LogP contribution >= 0.6 is 15.9 Å². The number of nitrogens with one attached hydrogen (secondary N) is 1. The van der Waals surface area contributed by atoms with Gasteiger partial charge < -0.3 is 19.5 Å². The molecule has 0 aliphatic carbocycles. The number of nitrogens with zero attached hydrogens (tertiary/aromatic N) is 2. The molecular weight excluding hydrogens is 414 g/mol. The van der Waals surface area contributed by atoms with Crippen molar-refractivity contribution in [1.82, 2.24) is 5.16 Å². The van der Waals surface area contributed by atoms with Crippen molar-refractivity contribution in [1.29, 1.82) is 0 Å². The fourth-order valence-electron chi connectivity index (χ4n) is 2.68. The second-order valence-electron chi connectivity index (χ2n) is 5.96. The van der Waals surface area contributed by atoms with Gasteiger partial charge in [-0.15, -0.1) is 0 Å². The first kappa shape index (κ1) is 17.3. The molecule has 2 heterocycles. The summed E-state index contributed by atoms with van der Waals surface area (Å²) in [5.74, 6) is 0.528. The number of benzene rings is 2. The number of carbonyl (C=O) groups is 2. The summed E-state index contributed by atoms with van der Waals surface area (Å²) in [6.07, 6.45) is 0. The summed E-state index contributed by atoms with van der Waals surface area (Å²) in [5, 5.41) is 6.59. The minimum atomic E-state index is -0.409. The molecule has 0 fully saturated rings. The number of carbonyl (C=O) groups excluding carboxylic acids is 2. The van der Waals surface area contributed by atoms with E-state index in [1.807, 2.05) is 24.3 Å². The lowest BCUT2D eigenvalue weighted by Crippen LogP contribution is -2.35. The van der Waals surface area contributed by atoms with Crippen molar-refractivity contribution in [2.75, 3.05) is 23.9 Å². The van der Waals surface area contributed by atoms with Crippen LogP contribution in [0.1, 0.15) is 10.5 Å². The van der Waals surface area contributed by atoms with Gasteiger partial charge in [0, 0.05) is 28.8 Å². The van der Waals surface area contributed by atoms with Crippen molar-refractivity contribution in [2.24, 2.45) is 0 Å². The van der Waals surface area contributed by atoms with E-state index in [0.29, 0.717) is 22.9 Å². The first-order valence-corrected chi connectivity index (χ1v) is 8.88. The smallest absolute Gasteiger partial charge is 0.277 e. The number of amides is 2. The van der Waals surface area contributed by atoms with E-state index in [1.54, 1.807) is 31.3 Å². The van der Waals surface area contributed by atoms with Crippen molar-refractivity contribution in [3.63, 3.8) is 0 Å². The Bertz CT molecular complexity index is 1030. The number of hydrogen-bond acceptors (Lipinski definition) is 5. The van der Waals surface area contributed by atoms with Crippen LogP contribution in [0.15, 0.2) is 57.5 Å². The van der Waals surface area contributed by atoms with Gasteiger partial charge in [0.25, 0.3) is 11.8 Å². The van der Waals surface area contributed by atoms with Gasteiger partial charge in [-0.3, -0.25) is 9.59 Å². The highest BCUT2D eigenvalue weighted by Gasteiger charge is 2.23. The van der Waals surface area contributed by atoms with Crippen LogP contribution in [0.25, 0.3) is 11.3 Å². The molecule has 27 heavy (non-hydrogen) atoms. The van der Waals surface area contributed by atoms with Crippen LogP contribution in [-0.4, -0.2) is 30.6 Å². The molecule has 136 valence electrons. The summed E-state index contributed by atoms with van der Waals surface area (Å²) >= 11 is 3.37. The molecule has 2 amide bonds. The monoisotopic (exact) mass is 427 g/mol. The lowest BCUT2D eigenvalue weighted by molar-refractivity contribution is -0.120. The Kier molecular flexibility index (Phi) is 4.41. The Hall–Kier alpha value is -3.13. The molecule has 0 spiro atoms. The number of rotatable bonds is 3. The SMILES string of the molecule is CN1C(=O)COc2ccc(NC(=O)c3cc(-c4ccc(Br)cc4)on3)cc21. The molecule has 4 rings (SSSR count). The maximum atomic E-state index is 12.5. The third-order valence-corrected chi connectivity index (χ3v) is 4.70. The molecule has 1 aliphatic rings. The molecule has 0 radical (unpaired) electrons. The second kappa shape index (κ2) is 6.88. The standard InChI is InChI=1S/C19H14BrN3O4/c1-23-15-8-13(6-7-16(15)26-10-18(23)24)21-19(25)14-9-17(27-22-14)11-2-4-12(20)5-3-11/h2-9H,10H2,1H3,(H,21,25). The number of halogens is 1. The number of fused-ring (bicyclic) bond motifs is 1. The van der Waals surface area contributed by atoms with Crippen molar-refractivity contribution >= 4 is 39.1 Å². The molecule has 3 aromatic rings. The summed E-state index contributed by atoms with van der Waals surface area (Å²) in [6, 6.07) is 14.2. The number of ether oxygens (including phenoxy) is 1. The quantitative estimate of drug-likeness (QED) is 0.688. The Labute approximate surface area is 163 Å². The van der Waals surface area contributed by atoms with Crippen molar-refractivity contribution in [3.05, 3.63) is 58.7 Å². The Morgan fingerprint density at radius 2 is 1.96 bits per heavy atom. The van der Waals surface area contributed by atoms with E-state index in [4.69, 9.17) is 9.26 Å². The van der Waals surface area contributed by atoms with Crippen LogP contribution in [0.2, 0.25) is 0 Å². The average molecular weight is 428 g/mol. The molecule has 0 atom stereocenters. The maximum Gasteiger partial charge on any atom is 0.277 e. The molecule has 1 aliphatic heterocycles. The molecule has 0 unspecified atom stereocenters. The topological polar surface area (TPSA) is 84.7 Å². The summed E-state index contributed by atoms with van der Waals surface area (Å²) in [5.41, 5.74) is 2.10. The van der Waals surface area contributed by atoms with Gasteiger partial charge in [0.2, 0.25) is 0 Å². The molecular formula is C19H14BrN3O4. The van der Waals surface area contributed by atoms with E-state index in [9.17, 15) is 9.59 Å². The Morgan fingerprint density at radius 3 is 2.74 bits per heavy atom. The zero-order valence-electron chi connectivity index (χ0n) is 14.2. The normalized spacial score (nSPS) is 13.1. The Morgan fingerprint density at radius 1 is 1.19 bits per heavy atom. The highest BCUT2D eigenvalue weighted by atomic mass is 79.9. The first-order chi connectivity index (χ1) is 13.0. The van der Waals surface area contributed by atoms with Crippen LogP contribution in [0.3, 0.4) is 0 Å². The van der Waals surface area contributed by atoms with Crippen LogP contribution in [0.5, 0.6) is 5.75 Å². The molecule has 0 saturated carbocycles. The minimum Gasteiger partial charge on any atom is -0.482 e. The maximum absolute atomic E-state index is 12.5. The van der Waals surface area contributed by atoms with Gasteiger partial charge in [-0.1, -0.05) is 33.2 Å². The third kappa shape index (κ3) is 3.43. The number of anilines is 2. The second-order valence-corrected chi connectivity index (χ2v) is 6.88. The van der Waals surface area contributed by atoms with Gasteiger partial charge >= 0.3 is 0 Å². The predicted octanol–water partition coefficient (Wildman–Crippen LogP) is 3.71. The number of aromatic nitrogens is 1. The van der Waals surface area contributed by atoms with Gasteiger partial charge in [-0.2, -0.15) is 0 Å². The van der Waals surface area contributed by atoms with Crippen molar-refractivity contribution in [2.45, 2.75) is 0 Å². The summed E-state index contributed by atoms with van der Waals surface area (Å²) in [7, 11) is 1.66. The van der Waals surface area contributed by atoms with E-state index in [1.165, 1.54) is 4.90 Å². The van der Waals surface area contributed by atoms with E-state index in [2.05, 4.69) is 26.4 Å². The summed E-state index contributed by atoms with van der Waals surface area (Å²) < 4.78 is 11.6. The molecule has 0 saturated heterocycles. The highest BCUT2D eigenvalue weighted by Crippen LogP contribution is 2.33. The molecule has 1 N–H and O–H groups in total. The predicted molar refractivity (Wildman–Crippen MR) is 103 cm³/mol. The van der Waals surface area contributed by atoms with Gasteiger partial charge in [-0.05, 0) is 30.3 Å². The highest BCUT2D eigenvalue weighted by molar-refractivity contribution is 9.10. The fourth-order valence-corrected chi connectivity index (χ4v) is 2.94. The van der Waals surface area contributed by atoms with E-state index in [0.717, 1.165) is 10.0 Å². The summed E-state index contributed by atoms with van der Waals surface area (Å²) in [4.78, 5) is 25.7. The molecule has 8 heteroatoms. The molecule has 2 aromatic carbocycles. The van der Waals surface area contributed by atoms with Gasteiger partial charge in [0.15, 0.2) is 18.1 Å². The van der Waals surface area contributed by atoms with Gasteiger partial charge in [0.05, 0.1) is 5.69 Å². The number of hydrogen-bond donors (Lipinski definition) is 1. The Balaban J connectivity index is 1.53. The first-order valence-electron chi connectivity index (χ1n) is 8.09. The van der Waals surface area contributed by atoms with Crippen LogP contribution in [0, 0.1) is 0 Å². The molecule has 1 aromatic heterocycles. The minimum absolute atomic E-state index is 0.00692. The largest absolute Gasteiger partial charge is 0.482 e. The zero-order chi connectivity index (χ0) is 19.0. The van der Waals surface area contributed by atoms with Gasteiger partial charge in [0.1, 0.15) is 5.75 Å². The number of likely N-dealkylation sites (N-methyl/N-ethyl adjacent to an activating group) is 1. The van der Waals surface area contributed by atoms with Gasteiger partial charge in [-0.25, -0.2) is 0 Å². The zero-order valence-corrected chi connectivity index (χ0v) is 15.8. The van der Waals surface area contributed by atoms with E-state index in [-0.39, 0.29) is 18.2 Å². The van der Waals surface area contributed by atoms with E-state index >= 15 is 0 Å². The van der Waals surface area contributed by atoms with Crippen LogP contribution in [-0.2, 0) is 4.79 Å². The average Bonchev–Trinajstić information content (AvgIpc) is 3.16. The van der Waals surface area contributed by atoms with Crippen LogP contribution < -0.4 is 15.0 Å². The fraction of sp³-hybridized carbons (Fsp3) is 0.105. The molecule has 0 bridgehead atoms. The van der Waals surface area contributed by atoms with Crippen LogP contribution in [0.4, 0.5) is 11.4 Å². The third-order valence-electron chi connectivity index (χ3n) is 4.17. The van der Waals surface area contributed by atoms with Crippen molar-refractivity contribution < 1.29 is 18.8 Å². The molecule has 7 nitrogen and oxygen atoms in total. The van der Waals surface area contributed by atoms with Crippen molar-refractivity contribution in [3.8, 4) is 17.1 Å².